The molecule has 2 aliphatic heterocycles. The van der Waals surface area contributed by atoms with Crippen LogP contribution in [0.2, 0.25) is 0 Å². The van der Waals surface area contributed by atoms with Crippen LogP contribution in [0.15, 0.2) is 10.9 Å². The maximum atomic E-state index is 12.8. The molecule has 144 valence electrons. The van der Waals surface area contributed by atoms with E-state index >= 15 is 0 Å². The molecule has 4 rings (SSSR count). The molecule has 0 saturated carbocycles. The van der Waals surface area contributed by atoms with Crippen LogP contribution in [0.3, 0.4) is 0 Å². The summed E-state index contributed by atoms with van der Waals surface area (Å²) in [5, 5.41) is 20.5. The zero-order valence-corrected chi connectivity index (χ0v) is 16.1. The van der Waals surface area contributed by atoms with E-state index in [4.69, 9.17) is 0 Å². The third-order valence-corrected chi connectivity index (χ3v) is 5.66. The van der Waals surface area contributed by atoms with Crippen LogP contribution in [0.25, 0.3) is 0 Å². The lowest BCUT2D eigenvalue weighted by molar-refractivity contribution is -0.136. The van der Waals surface area contributed by atoms with Crippen molar-refractivity contribution in [1.29, 1.82) is 0 Å². The third kappa shape index (κ3) is 3.23. The first-order valence-corrected chi connectivity index (χ1v) is 9.98. The van der Waals surface area contributed by atoms with Gasteiger partial charge in [-0.15, -0.1) is 21.5 Å². The van der Waals surface area contributed by atoms with Crippen molar-refractivity contribution in [2.75, 3.05) is 13.1 Å². The maximum Gasteiger partial charge on any atom is 0.274 e. The summed E-state index contributed by atoms with van der Waals surface area (Å²) in [6, 6.07) is -0.345. The van der Waals surface area contributed by atoms with Crippen LogP contribution in [0, 0.1) is 5.92 Å². The van der Waals surface area contributed by atoms with E-state index in [1.807, 2.05) is 18.4 Å². The Morgan fingerprint density at radius 3 is 2.81 bits per heavy atom. The molecule has 1 saturated heterocycles. The molecular weight excluding hydrogens is 368 g/mol. The molecule has 0 radical (unpaired) electrons. The van der Waals surface area contributed by atoms with E-state index in [1.54, 1.807) is 20.7 Å². The Morgan fingerprint density at radius 2 is 2.11 bits per heavy atom. The summed E-state index contributed by atoms with van der Waals surface area (Å²) in [6.07, 6.45) is -0.184. The van der Waals surface area contributed by atoms with E-state index in [0.717, 1.165) is 0 Å². The lowest BCUT2D eigenvalue weighted by atomic mass is 10.1. The Hall–Kier alpha value is -2.33. The van der Waals surface area contributed by atoms with Crippen LogP contribution >= 0.6 is 11.3 Å². The highest BCUT2D eigenvalue weighted by atomic mass is 32.1. The third-order valence-electron chi connectivity index (χ3n) is 5.08. The van der Waals surface area contributed by atoms with Gasteiger partial charge < -0.3 is 19.5 Å². The zero-order valence-electron chi connectivity index (χ0n) is 15.3. The normalized spacial score (nSPS) is 22.4. The number of aromatic nitrogens is 4. The van der Waals surface area contributed by atoms with Crippen LogP contribution in [-0.4, -0.2) is 65.7 Å². The van der Waals surface area contributed by atoms with Crippen LogP contribution < -0.4 is 0 Å². The lowest BCUT2D eigenvalue weighted by Gasteiger charge is -2.30. The van der Waals surface area contributed by atoms with Gasteiger partial charge in [0, 0.05) is 37.4 Å². The molecule has 0 aromatic carbocycles. The summed E-state index contributed by atoms with van der Waals surface area (Å²) >= 11 is 1.36. The standard InChI is InChI=1S/C17H22N6O3S/c1-10(2)16(25)21-3-4-22-14(7-21)19-20-15(22)13-5-11(24)6-23(13)17(26)12-8-27-9-18-12/h8-11,13,24H,3-7H2,1-2H3/t11-,13-/m0/s1. The Bertz CT molecular complexity index is 849. The molecule has 1 N–H and O–H groups in total. The summed E-state index contributed by atoms with van der Waals surface area (Å²) in [4.78, 5) is 32.6. The Labute approximate surface area is 160 Å². The number of thiazole rings is 1. The average Bonchev–Trinajstić information content (AvgIpc) is 3.38. The van der Waals surface area contributed by atoms with Crippen molar-refractivity contribution >= 4 is 23.2 Å². The highest BCUT2D eigenvalue weighted by Crippen LogP contribution is 2.33. The van der Waals surface area contributed by atoms with Crippen LogP contribution in [-0.2, 0) is 17.9 Å². The molecule has 27 heavy (non-hydrogen) atoms. The number of β-amino-alcohol motifs (C(OH)–C–C–N with tert-alkyl or cyclic N) is 1. The van der Waals surface area contributed by atoms with E-state index in [0.29, 0.717) is 43.4 Å². The van der Waals surface area contributed by atoms with E-state index in [1.165, 1.54) is 11.3 Å². The van der Waals surface area contributed by atoms with Crippen molar-refractivity contribution in [1.82, 2.24) is 29.5 Å². The van der Waals surface area contributed by atoms with Crippen LogP contribution in [0.5, 0.6) is 0 Å². The number of fused-ring (bicyclic) bond motifs is 1. The fraction of sp³-hybridized carbons (Fsp3) is 0.588. The van der Waals surface area contributed by atoms with Gasteiger partial charge in [-0.25, -0.2) is 4.98 Å². The monoisotopic (exact) mass is 390 g/mol. The molecule has 2 aliphatic rings. The van der Waals surface area contributed by atoms with E-state index in [9.17, 15) is 14.7 Å². The van der Waals surface area contributed by atoms with E-state index in [2.05, 4.69) is 15.2 Å². The van der Waals surface area contributed by atoms with Crippen molar-refractivity contribution < 1.29 is 14.7 Å². The van der Waals surface area contributed by atoms with Gasteiger partial charge in [-0.2, -0.15) is 0 Å². The second-order valence-electron chi connectivity index (χ2n) is 7.28. The van der Waals surface area contributed by atoms with Gasteiger partial charge in [0.05, 0.1) is 24.2 Å². The topological polar surface area (TPSA) is 104 Å². The van der Waals surface area contributed by atoms with Gasteiger partial charge >= 0.3 is 0 Å². The number of likely N-dealkylation sites (tertiary alicyclic amines) is 1. The molecule has 2 atom stereocenters. The first kappa shape index (κ1) is 18.1. The van der Waals surface area contributed by atoms with Gasteiger partial charge in [0.15, 0.2) is 11.6 Å². The zero-order chi connectivity index (χ0) is 19.1. The highest BCUT2D eigenvalue weighted by molar-refractivity contribution is 7.07. The average molecular weight is 390 g/mol. The van der Waals surface area contributed by atoms with Gasteiger partial charge in [0.25, 0.3) is 5.91 Å². The molecule has 0 bridgehead atoms. The Balaban J connectivity index is 1.59. The van der Waals surface area contributed by atoms with Gasteiger partial charge in [-0.1, -0.05) is 13.8 Å². The van der Waals surface area contributed by atoms with Crippen molar-refractivity contribution in [3.63, 3.8) is 0 Å². The smallest absolute Gasteiger partial charge is 0.274 e. The fourth-order valence-corrected chi connectivity index (χ4v) is 4.25. The number of hydrogen-bond acceptors (Lipinski definition) is 7. The second-order valence-corrected chi connectivity index (χ2v) is 8.00. The van der Waals surface area contributed by atoms with Gasteiger partial charge in [0.1, 0.15) is 5.69 Å². The van der Waals surface area contributed by atoms with Gasteiger partial charge in [-0.05, 0) is 0 Å². The summed E-state index contributed by atoms with van der Waals surface area (Å²) in [6.45, 7) is 5.61. The molecule has 10 heteroatoms. The quantitative estimate of drug-likeness (QED) is 0.826. The number of carbonyl (C=O) groups excluding carboxylic acids is 2. The number of aliphatic hydroxyl groups is 1. The number of nitrogens with zero attached hydrogens (tertiary/aromatic N) is 6. The predicted octanol–water partition coefficient (Wildman–Crippen LogP) is 0.681. The number of aliphatic hydroxyl groups excluding tert-OH is 1. The van der Waals surface area contributed by atoms with E-state index in [-0.39, 0.29) is 30.3 Å². The number of hydrogen-bond donors (Lipinski definition) is 1. The second kappa shape index (κ2) is 7.01. The molecule has 2 amide bonds. The SMILES string of the molecule is CC(C)C(=O)N1CCn2c(nnc2[C@@H]2C[C@H](O)CN2C(=O)c2cscn2)C1. The number of rotatable bonds is 3. The molecule has 0 aliphatic carbocycles. The molecule has 2 aromatic rings. The van der Waals surface area contributed by atoms with Crippen molar-refractivity contribution in [2.45, 2.75) is 45.5 Å². The van der Waals surface area contributed by atoms with Crippen molar-refractivity contribution in [2.24, 2.45) is 5.92 Å². The maximum absolute atomic E-state index is 12.8. The predicted molar refractivity (Wildman–Crippen MR) is 96.8 cm³/mol. The highest BCUT2D eigenvalue weighted by Gasteiger charge is 2.40. The van der Waals surface area contributed by atoms with Crippen molar-refractivity contribution in [3.05, 3.63) is 28.2 Å². The molecule has 2 aromatic heterocycles. The largest absolute Gasteiger partial charge is 0.391 e. The van der Waals surface area contributed by atoms with Crippen LogP contribution in [0.1, 0.15) is 48.4 Å². The Kier molecular flexibility index (Phi) is 4.68. The lowest BCUT2D eigenvalue weighted by Crippen LogP contribution is -2.41. The summed E-state index contributed by atoms with van der Waals surface area (Å²) in [5.74, 6) is 1.22. The molecule has 9 nitrogen and oxygen atoms in total. The Morgan fingerprint density at radius 1 is 1.30 bits per heavy atom. The molecule has 0 spiro atoms. The van der Waals surface area contributed by atoms with Crippen molar-refractivity contribution in [3.8, 4) is 0 Å². The van der Waals surface area contributed by atoms with Gasteiger partial charge in [0.2, 0.25) is 5.91 Å². The minimum absolute atomic E-state index is 0.0601. The summed E-state index contributed by atoms with van der Waals surface area (Å²) in [5.41, 5.74) is 2.00. The summed E-state index contributed by atoms with van der Waals surface area (Å²) in [7, 11) is 0. The molecule has 1 fully saturated rings. The minimum atomic E-state index is -0.604. The first-order chi connectivity index (χ1) is 13.0. The van der Waals surface area contributed by atoms with E-state index < -0.39 is 6.10 Å². The fourth-order valence-electron chi connectivity index (χ4n) is 3.73. The number of amides is 2. The molecular formula is C17H22N6O3S. The first-order valence-electron chi connectivity index (χ1n) is 9.03. The van der Waals surface area contributed by atoms with Gasteiger partial charge in [-0.3, -0.25) is 9.59 Å². The summed E-state index contributed by atoms with van der Waals surface area (Å²) < 4.78 is 1.98. The molecule has 0 unspecified atom stereocenters. The molecule has 4 heterocycles. The van der Waals surface area contributed by atoms with Crippen LogP contribution in [0.4, 0.5) is 0 Å². The minimum Gasteiger partial charge on any atom is -0.391 e. The number of carbonyl (C=O) groups is 2.